The lowest BCUT2D eigenvalue weighted by Crippen LogP contribution is -2.39. The molecule has 1 heterocycles. The number of amides is 2. The number of aryl methyl sites for hydroxylation is 1. The number of ether oxygens (including phenoxy) is 1. The third-order valence-corrected chi connectivity index (χ3v) is 5.66. The quantitative estimate of drug-likeness (QED) is 0.719. The smallest absolute Gasteiger partial charge is 0.266 e. The Hall–Kier alpha value is -2.91. The van der Waals surface area contributed by atoms with E-state index in [1.54, 1.807) is 43.3 Å². The molecule has 9 heteroatoms. The first-order valence-electron chi connectivity index (χ1n) is 8.21. The maximum atomic E-state index is 12.3. The van der Waals surface area contributed by atoms with Crippen molar-refractivity contribution < 1.29 is 22.7 Å². The summed E-state index contributed by atoms with van der Waals surface area (Å²) in [5.74, 6) is -0.384. The lowest BCUT2D eigenvalue weighted by molar-refractivity contribution is -0.128. The van der Waals surface area contributed by atoms with Crippen LogP contribution in [-0.4, -0.2) is 33.4 Å². The standard InChI is InChI=1S/C18H19N3O5S/c1-11-7-8-12(9-16(11)27(24,25)19-2)20-17(22)10-15-18(23)21-13-5-3-4-6-14(13)26-15/h3-9,15,19H,10H2,1-2H3,(H,20,22)(H,21,23)/t15-/m0/s1. The van der Waals surface area contributed by atoms with Gasteiger partial charge in [-0.15, -0.1) is 0 Å². The summed E-state index contributed by atoms with van der Waals surface area (Å²) < 4.78 is 31.9. The van der Waals surface area contributed by atoms with Gasteiger partial charge in [-0.1, -0.05) is 18.2 Å². The Kier molecular flexibility index (Phi) is 5.15. The molecule has 0 unspecified atom stereocenters. The van der Waals surface area contributed by atoms with Gasteiger partial charge < -0.3 is 15.4 Å². The minimum Gasteiger partial charge on any atom is -0.478 e. The second kappa shape index (κ2) is 7.37. The lowest BCUT2D eigenvalue weighted by Gasteiger charge is -2.25. The lowest BCUT2D eigenvalue weighted by atomic mass is 10.1. The first kappa shape index (κ1) is 18.9. The largest absolute Gasteiger partial charge is 0.478 e. The summed E-state index contributed by atoms with van der Waals surface area (Å²) in [5.41, 5.74) is 1.42. The molecule has 1 aliphatic rings. The molecule has 0 saturated heterocycles. The van der Waals surface area contributed by atoms with Crippen LogP contribution in [-0.2, 0) is 19.6 Å². The van der Waals surface area contributed by atoms with Crippen LogP contribution in [0.25, 0.3) is 0 Å². The number of anilines is 2. The normalized spacial score (nSPS) is 16.1. The van der Waals surface area contributed by atoms with E-state index in [1.165, 1.54) is 13.1 Å². The van der Waals surface area contributed by atoms with Crippen LogP contribution in [0.3, 0.4) is 0 Å². The first-order chi connectivity index (χ1) is 12.8. The van der Waals surface area contributed by atoms with Gasteiger partial charge in [-0.2, -0.15) is 0 Å². The van der Waals surface area contributed by atoms with Gasteiger partial charge in [-0.05, 0) is 43.8 Å². The van der Waals surface area contributed by atoms with Gasteiger partial charge in [0.15, 0.2) is 6.10 Å². The molecule has 27 heavy (non-hydrogen) atoms. The zero-order chi connectivity index (χ0) is 19.6. The van der Waals surface area contributed by atoms with E-state index in [0.29, 0.717) is 22.7 Å². The van der Waals surface area contributed by atoms with Crippen LogP contribution in [0.2, 0.25) is 0 Å². The van der Waals surface area contributed by atoms with Crippen LogP contribution >= 0.6 is 0 Å². The SMILES string of the molecule is CNS(=O)(=O)c1cc(NC(=O)C[C@@H]2Oc3ccccc3NC2=O)ccc1C. The van der Waals surface area contributed by atoms with Crippen LogP contribution < -0.4 is 20.1 Å². The van der Waals surface area contributed by atoms with Crippen molar-refractivity contribution in [3.63, 3.8) is 0 Å². The van der Waals surface area contributed by atoms with Crippen molar-refractivity contribution in [1.82, 2.24) is 4.72 Å². The monoisotopic (exact) mass is 389 g/mol. The zero-order valence-electron chi connectivity index (χ0n) is 14.8. The van der Waals surface area contributed by atoms with Crippen molar-refractivity contribution in [3.05, 3.63) is 48.0 Å². The highest BCUT2D eigenvalue weighted by atomic mass is 32.2. The Labute approximate surface area is 157 Å². The maximum Gasteiger partial charge on any atom is 0.266 e. The van der Waals surface area contributed by atoms with Crippen molar-refractivity contribution in [3.8, 4) is 5.75 Å². The third kappa shape index (κ3) is 4.09. The number of sulfonamides is 1. The Morgan fingerprint density at radius 3 is 2.70 bits per heavy atom. The molecule has 3 N–H and O–H groups in total. The molecule has 2 amide bonds. The van der Waals surface area contributed by atoms with Crippen LogP contribution in [0.4, 0.5) is 11.4 Å². The number of para-hydroxylation sites is 2. The molecular formula is C18H19N3O5S. The van der Waals surface area contributed by atoms with Gasteiger partial charge >= 0.3 is 0 Å². The number of carbonyl (C=O) groups is 2. The maximum absolute atomic E-state index is 12.3. The molecule has 2 aromatic carbocycles. The third-order valence-electron chi connectivity index (χ3n) is 4.11. The highest BCUT2D eigenvalue weighted by molar-refractivity contribution is 7.89. The number of hydrogen-bond acceptors (Lipinski definition) is 5. The molecule has 0 aliphatic carbocycles. The molecule has 0 bridgehead atoms. The molecule has 0 radical (unpaired) electrons. The van der Waals surface area contributed by atoms with Crippen LogP contribution in [0, 0.1) is 6.92 Å². The van der Waals surface area contributed by atoms with E-state index < -0.39 is 27.9 Å². The van der Waals surface area contributed by atoms with Crippen molar-refractivity contribution in [2.75, 3.05) is 17.7 Å². The number of hydrogen-bond donors (Lipinski definition) is 3. The molecule has 1 aliphatic heterocycles. The molecule has 142 valence electrons. The van der Waals surface area contributed by atoms with Crippen molar-refractivity contribution in [2.24, 2.45) is 0 Å². The molecule has 0 saturated carbocycles. The Morgan fingerprint density at radius 2 is 1.96 bits per heavy atom. The van der Waals surface area contributed by atoms with Gasteiger partial charge in [-0.3, -0.25) is 9.59 Å². The van der Waals surface area contributed by atoms with E-state index in [4.69, 9.17) is 4.74 Å². The molecule has 0 fully saturated rings. The van der Waals surface area contributed by atoms with Crippen molar-refractivity contribution in [1.29, 1.82) is 0 Å². The van der Waals surface area contributed by atoms with E-state index in [1.807, 2.05) is 0 Å². The first-order valence-corrected chi connectivity index (χ1v) is 9.69. The fourth-order valence-corrected chi connectivity index (χ4v) is 3.68. The molecule has 8 nitrogen and oxygen atoms in total. The summed E-state index contributed by atoms with van der Waals surface area (Å²) in [7, 11) is -2.33. The average Bonchev–Trinajstić information content (AvgIpc) is 2.63. The van der Waals surface area contributed by atoms with Crippen molar-refractivity contribution in [2.45, 2.75) is 24.3 Å². The van der Waals surface area contributed by atoms with Crippen molar-refractivity contribution >= 4 is 33.2 Å². The Balaban J connectivity index is 1.72. The molecule has 0 spiro atoms. The summed E-state index contributed by atoms with van der Waals surface area (Å²) in [6, 6.07) is 11.5. The van der Waals surface area contributed by atoms with Crippen LogP contribution in [0.15, 0.2) is 47.4 Å². The number of rotatable bonds is 5. The zero-order valence-corrected chi connectivity index (χ0v) is 15.6. The summed E-state index contributed by atoms with van der Waals surface area (Å²) in [5, 5.41) is 5.30. The van der Waals surface area contributed by atoms with E-state index in [-0.39, 0.29) is 11.3 Å². The van der Waals surface area contributed by atoms with Gasteiger partial charge in [0.2, 0.25) is 15.9 Å². The summed E-state index contributed by atoms with van der Waals surface area (Å²) >= 11 is 0. The molecule has 3 rings (SSSR count). The molecular weight excluding hydrogens is 370 g/mol. The van der Waals surface area contributed by atoms with Gasteiger partial charge in [0.1, 0.15) is 5.75 Å². The number of benzene rings is 2. The highest BCUT2D eigenvalue weighted by Gasteiger charge is 2.29. The predicted octanol–water partition coefficient (Wildman–Crippen LogP) is 1.63. The fourth-order valence-electron chi connectivity index (χ4n) is 2.68. The second-order valence-electron chi connectivity index (χ2n) is 6.03. The highest BCUT2D eigenvalue weighted by Crippen LogP contribution is 2.29. The Bertz CT molecular complexity index is 1000. The van der Waals surface area contributed by atoms with E-state index >= 15 is 0 Å². The summed E-state index contributed by atoms with van der Waals surface area (Å²) in [6.07, 6.45) is -1.17. The number of nitrogens with one attached hydrogen (secondary N) is 3. The van der Waals surface area contributed by atoms with Gasteiger partial charge in [0, 0.05) is 5.69 Å². The van der Waals surface area contributed by atoms with Gasteiger partial charge in [0.05, 0.1) is 17.0 Å². The summed E-state index contributed by atoms with van der Waals surface area (Å²) in [6.45, 7) is 1.66. The molecule has 0 aromatic heterocycles. The van der Waals surface area contributed by atoms with Crippen LogP contribution in [0.5, 0.6) is 5.75 Å². The minimum atomic E-state index is -3.65. The van der Waals surface area contributed by atoms with Gasteiger partial charge in [-0.25, -0.2) is 13.1 Å². The predicted molar refractivity (Wildman–Crippen MR) is 100 cm³/mol. The fraction of sp³-hybridized carbons (Fsp3) is 0.222. The average molecular weight is 389 g/mol. The minimum absolute atomic E-state index is 0.0726. The van der Waals surface area contributed by atoms with E-state index in [0.717, 1.165) is 0 Å². The topological polar surface area (TPSA) is 114 Å². The number of carbonyl (C=O) groups excluding carboxylic acids is 2. The van der Waals surface area contributed by atoms with E-state index in [2.05, 4.69) is 15.4 Å². The van der Waals surface area contributed by atoms with Crippen LogP contribution in [0.1, 0.15) is 12.0 Å². The molecule has 1 atom stereocenters. The second-order valence-corrected chi connectivity index (χ2v) is 7.89. The summed E-state index contributed by atoms with van der Waals surface area (Å²) in [4.78, 5) is 24.5. The van der Waals surface area contributed by atoms with E-state index in [9.17, 15) is 18.0 Å². The molecule has 2 aromatic rings. The van der Waals surface area contributed by atoms with Gasteiger partial charge in [0.25, 0.3) is 5.91 Å². The number of fused-ring (bicyclic) bond motifs is 1. The Morgan fingerprint density at radius 1 is 1.22 bits per heavy atom.